The lowest BCUT2D eigenvalue weighted by Crippen LogP contribution is -2.38. The van der Waals surface area contributed by atoms with Gasteiger partial charge in [0, 0.05) is 50.4 Å². The fourth-order valence-electron chi connectivity index (χ4n) is 4.11. The van der Waals surface area contributed by atoms with Crippen molar-refractivity contribution in [2.24, 2.45) is 5.92 Å². The van der Waals surface area contributed by atoms with Crippen molar-refractivity contribution in [1.29, 1.82) is 0 Å². The van der Waals surface area contributed by atoms with Crippen molar-refractivity contribution in [3.05, 3.63) is 47.9 Å². The average Bonchev–Trinajstić information content (AvgIpc) is 3.23. The number of amides is 1. The van der Waals surface area contributed by atoms with E-state index in [1.54, 1.807) is 0 Å². The maximum absolute atomic E-state index is 12.9. The molecule has 1 saturated carbocycles. The second-order valence-corrected chi connectivity index (χ2v) is 7.86. The number of rotatable bonds is 4. The monoisotopic (exact) mass is 364 g/mol. The van der Waals surface area contributed by atoms with Crippen molar-refractivity contribution in [3.63, 3.8) is 0 Å². The van der Waals surface area contributed by atoms with Crippen molar-refractivity contribution in [2.75, 3.05) is 13.1 Å². The lowest BCUT2D eigenvalue weighted by Gasteiger charge is -2.32. The summed E-state index contributed by atoms with van der Waals surface area (Å²) in [4.78, 5) is 23.8. The third-order valence-corrected chi connectivity index (χ3v) is 5.79. The fraction of sp³-hybridized carbons (Fsp3) is 0.476. The zero-order valence-electron chi connectivity index (χ0n) is 15.6. The van der Waals surface area contributed by atoms with E-state index < -0.39 is 0 Å². The summed E-state index contributed by atoms with van der Waals surface area (Å²) in [6, 6.07) is 5.52. The lowest BCUT2D eigenvalue weighted by molar-refractivity contribution is 0.0710. The first-order chi connectivity index (χ1) is 13.2. The Labute approximate surface area is 158 Å². The highest BCUT2D eigenvalue weighted by molar-refractivity contribution is 5.97. The van der Waals surface area contributed by atoms with Crippen LogP contribution in [0.4, 0.5) is 0 Å². The minimum atomic E-state index is 0.0747. The zero-order chi connectivity index (χ0) is 18.4. The van der Waals surface area contributed by atoms with Gasteiger partial charge in [-0.25, -0.2) is 9.97 Å². The summed E-state index contributed by atoms with van der Waals surface area (Å²) in [7, 11) is 0. The van der Waals surface area contributed by atoms with Gasteiger partial charge in [0.15, 0.2) is 11.5 Å². The van der Waals surface area contributed by atoms with Crippen LogP contribution in [0, 0.1) is 12.8 Å². The van der Waals surface area contributed by atoms with Crippen LogP contribution in [0.3, 0.4) is 0 Å². The number of benzene rings is 1. The molecule has 1 amide bonds. The van der Waals surface area contributed by atoms with Crippen molar-refractivity contribution in [1.82, 2.24) is 19.4 Å². The van der Waals surface area contributed by atoms with Crippen LogP contribution in [0.25, 0.3) is 11.1 Å². The van der Waals surface area contributed by atoms with E-state index in [4.69, 9.17) is 4.42 Å². The van der Waals surface area contributed by atoms with Gasteiger partial charge in [-0.2, -0.15) is 0 Å². The maximum atomic E-state index is 12.9. The standard InChI is InChI=1S/C21H24N4O2/c1-14-23-18-5-4-17(12-19(18)27-14)21(26)24-9-6-16(7-10-24)20-22-8-11-25(20)13-15-2-3-15/h4-5,8,11-12,15-16H,2-3,6-7,9-10,13H2,1H3. The largest absolute Gasteiger partial charge is 0.441 e. The van der Waals surface area contributed by atoms with E-state index in [0.29, 0.717) is 23.0 Å². The normalized spacial score (nSPS) is 18.3. The summed E-state index contributed by atoms with van der Waals surface area (Å²) in [6.07, 6.45) is 8.66. The molecule has 3 aromatic rings. The molecule has 0 spiro atoms. The Morgan fingerprint density at radius 3 is 2.81 bits per heavy atom. The molecule has 0 radical (unpaired) electrons. The van der Waals surface area contributed by atoms with Crippen LogP contribution in [-0.2, 0) is 6.54 Å². The molecule has 0 bridgehead atoms. The number of hydrogen-bond acceptors (Lipinski definition) is 4. The quantitative estimate of drug-likeness (QED) is 0.707. The Bertz CT molecular complexity index is 977. The predicted octanol–water partition coefficient (Wildman–Crippen LogP) is 3.76. The van der Waals surface area contributed by atoms with Gasteiger partial charge in [-0.3, -0.25) is 4.79 Å². The van der Waals surface area contributed by atoms with Gasteiger partial charge in [0.05, 0.1) is 0 Å². The second-order valence-electron chi connectivity index (χ2n) is 7.86. The first-order valence-electron chi connectivity index (χ1n) is 9.85. The molecule has 27 heavy (non-hydrogen) atoms. The first-order valence-corrected chi connectivity index (χ1v) is 9.85. The molecule has 2 aromatic heterocycles. The molecule has 0 unspecified atom stereocenters. The van der Waals surface area contributed by atoms with Crippen molar-refractivity contribution < 1.29 is 9.21 Å². The highest BCUT2D eigenvalue weighted by Crippen LogP contribution is 2.33. The number of imidazole rings is 1. The van der Waals surface area contributed by atoms with Crippen LogP contribution in [0.1, 0.15) is 53.7 Å². The molecule has 0 N–H and O–H groups in total. The number of carbonyl (C=O) groups is 1. The molecule has 2 fully saturated rings. The van der Waals surface area contributed by atoms with Gasteiger partial charge in [0.2, 0.25) is 0 Å². The summed E-state index contributed by atoms with van der Waals surface area (Å²) >= 11 is 0. The van der Waals surface area contributed by atoms with Crippen LogP contribution in [-0.4, -0.2) is 38.4 Å². The topological polar surface area (TPSA) is 64.2 Å². The van der Waals surface area contributed by atoms with Crippen LogP contribution >= 0.6 is 0 Å². The zero-order valence-corrected chi connectivity index (χ0v) is 15.6. The van der Waals surface area contributed by atoms with E-state index in [1.165, 1.54) is 18.7 Å². The summed E-state index contributed by atoms with van der Waals surface area (Å²) < 4.78 is 7.90. The summed E-state index contributed by atoms with van der Waals surface area (Å²) in [6.45, 7) is 4.46. The van der Waals surface area contributed by atoms with Crippen LogP contribution in [0.15, 0.2) is 35.0 Å². The number of fused-ring (bicyclic) bond motifs is 1. The van der Waals surface area contributed by atoms with Crippen molar-refractivity contribution >= 4 is 17.0 Å². The minimum absolute atomic E-state index is 0.0747. The van der Waals surface area contributed by atoms with Crippen LogP contribution in [0.2, 0.25) is 0 Å². The number of carbonyl (C=O) groups excluding carboxylic acids is 1. The highest BCUT2D eigenvalue weighted by atomic mass is 16.3. The van der Waals surface area contributed by atoms with E-state index in [1.807, 2.05) is 36.2 Å². The summed E-state index contributed by atoms with van der Waals surface area (Å²) in [5, 5.41) is 0. The number of nitrogens with zero attached hydrogens (tertiary/aromatic N) is 4. The van der Waals surface area contributed by atoms with Crippen molar-refractivity contribution in [2.45, 2.75) is 45.1 Å². The number of hydrogen-bond donors (Lipinski definition) is 0. The van der Waals surface area contributed by atoms with Crippen LogP contribution in [0.5, 0.6) is 0 Å². The highest BCUT2D eigenvalue weighted by Gasteiger charge is 2.29. The third-order valence-electron chi connectivity index (χ3n) is 5.79. The van der Waals surface area contributed by atoms with Gasteiger partial charge < -0.3 is 13.9 Å². The molecule has 2 aliphatic rings. The number of oxazole rings is 1. The first kappa shape index (κ1) is 16.5. The number of aryl methyl sites for hydroxylation is 1. The smallest absolute Gasteiger partial charge is 0.253 e. The Balaban J connectivity index is 1.26. The molecule has 140 valence electrons. The second kappa shape index (κ2) is 6.51. The molecule has 1 aliphatic carbocycles. The van der Waals surface area contributed by atoms with Crippen molar-refractivity contribution in [3.8, 4) is 0 Å². The van der Waals surface area contributed by atoms with Gasteiger partial charge in [-0.15, -0.1) is 0 Å². The molecule has 1 saturated heterocycles. The molecule has 0 atom stereocenters. The number of piperidine rings is 1. The molecule has 6 heteroatoms. The van der Waals surface area contributed by atoms with Crippen LogP contribution < -0.4 is 0 Å². The molecular formula is C21H24N4O2. The predicted molar refractivity (Wildman–Crippen MR) is 102 cm³/mol. The SMILES string of the molecule is Cc1nc2ccc(C(=O)N3CCC(c4nccn4CC4CC4)CC3)cc2o1. The molecule has 3 heterocycles. The van der Waals surface area contributed by atoms with Gasteiger partial charge >= 0.3 is 0 Å². The summed E-state index contributed by atoms with van der Waals surface area (Å²) in [5.41, 5.74) is 2.15. The number of aromatic nitrogens is 3. The van der Waals surface area contributed by atoms with E-state index in [0.717, 1.165) is 43.9 Å². The minimum Gasteiger partial charge on any atom is -0.441 e. The molecule has 1 aliphatic heterocycles. The Morgan fingerprint density at radius 1 is 1.22 bits per heavy atom. The van der Waals surface area contributed by atoms with E-state index >= 15 is 0 Å². The number of likely N-dealkylation sites (tertiary alicyclic amines) is 1. The van der Waals surface area contributed by atoms with E-state index in [9.17, 15) is 4.79 Å². The molecule has 6 nitrogen and oxygen atoms in total. The van der Waals surface area contributed by atoms with Gasteiger partial charge in [0.1, 0.15) is 11.3 Å². The third kappa shape index (κ3) is 3.24. The van der Waals surface area contributed by atoms with Gasteiger partial charge in [-0.1, -0.05) is 0 Å². The maximum Gasteiger partial charge on any atom is 0.253 e. The van der Waals surface area contributed by atoms with E-state index in [2.05, 4.69) is 20.7 Å². The Morgan fingerprint density at radius 2 is 2.04 bits per heavy atom. The van der Waals surface area contributed by atoms with E-state index in [-0.39, 0.29) is 5.91 Å². The van der Waals surface area contributed by atoms with Gasteiger partial charge in [0.25, 0.3) is 5.91 Å². The fourth-order valence-corrected chi connectivity index (χ4v) is 4.11. The summed E-state index contributed by atoms with van der Waals surface area (Å²) in [5.74, 6) is 3.19. The van der Waals surface area contributed by atoms with Gasteiger partial charge in [-0.05, 0) is 49.8 Å². The molecule has 5 rings (SSSR count). The molecule has 1 aromatic carbocycles. The average molecular weight is 364 g/mol. The Hall–Kier alpha value is -2.63. The molecular weight excluding hydrogens is 340 g/mol. The Kier molecular flexibility index (Phi) is 3.99. The lowest BCUT2D eigenvalue weighted by atomic mass is 9.95.